The Balaban J connectivity index is -0.000000315. The minimum absolute atomic E-state index is 0. The Kier molecular flexibility index (Phi) is 21.3. The zero-order chi connectivity index (χ0) is 16.7. The Hall–Kier alpha value is 0.0500. The van der Waals surface area contributed by atoms with Crippen molar-refractivity contribution in [3.63, 3.8) is 0 Å². The fourth-order valence-corrected chi connectivity index (χ4v) is 1.51. The molecule has 0 aliphatic carbocycles. The second-order valence-corrected chi connectivity index (χ2v) is 5.26. The van der Waals surface area contributed by atoms with Crippen LogP contribution in [-0.4, -0.2) is 35.2 Å². The molecule has 0 aliphatic rings. The second kappa shape index (κ2) is 17.4. The van der Waals surface area contributed by atoms with Crippen molar-refractivity contribution < 1.29 is 67.9 Å². The van der Waals surface area contributed by atoms with Crippen molar-refractivity contribution in [3.8, 4) is 0 Å². The molecule has 1 atom stereocenters. The average molecular weight is 350 g/mol. The third-order valence-electron chi connectivity index (χ3n) is 2.10. The van der Waals surface area contributed by atoms with Gasteiger partial charge >= 0.3 is 41.5 Å². The second-order valence-electron chi connectivity index (χ2n) is 4.06. The van der Waals surface area contributed by atoms with Gasteiger partial charge in [-0.25, -0.2) is 0 Å². The SMILES string of the molecule is CCCCCCOP(=O)([O-])O.CCOC(=O)CCC(=O)O.[Na+]. The van der Waals surface area contributed by atoms with Gasteiger partial charge in [-0.15, -0.1) is 0 Å². The van der Waals surface area contributed by atoms with Crippen LogP contribution in [0.4, 0.5) is 0 Å². The summed E-state index contributed by atoms with van der Waals surface area (Å²) in [7, 11) is -4.46. The van der Waals surface area contributed by atoms with E-state index >= 15 is 0 Å². The molecule has 0 fully saturated rings. The number of ether oxygens (including phenoxy) is 1. The van der Waals surface area contributed by atoms with Gasteiger partial charge in [-0.2, -0.15) is 0 Å². The van der Waals surface area contributed by atoms with Crippen molar-refractivity contribution in [2.75, 3.05) is 13.2 Å². The van der Waals surface area contributed by atoms with Crippen LogP contribution >= 0.6 is 7.82 Å². The van der Waals surface area contributed by atoms with Crippen LogP contribution in [-0.2, 0) is 23.4 Å². The van der Waals surface area contributed by atoms with Crippen molar-refractivity contribution in [1.82, 2.24) is 0 Å². The monoisotopic (exact) mass is 350 g/mol. The predicted molar refractivity (Wildman–Crippen MR) is 73.4 cm³/mol. The molecule has 0 heterocycles. The standard InChI is InChI=1S/C6H15O4P.C6H10O4.Na/c1-2-3-4-5-6-10-11(7,8)9;1-2-10-6(9)4-3-5(7)8;/h2-6H2,1H3,(H2,7,8,9);2-4H2,1H3,(H,7,8);/q;;+1/p-1. The summed E-state index contributed by atoms with van der Waals surface area (Å²) in [4.78, 5) is 38.5. The number of unbranched alkanes of at least 4 members (excludes halogenated alkanes) is 3. The molecule has 0 rings (SSSR count). The summed E-state index contributed by atoms with van der Waals surface area (Å²) < 4.78 is 18.6. The van der Waals surface area contributed by atoms with E-state index in [2.05, 4.69) is 16.2 Å². The Morgan fingerprint density at radius 2 is 1.73 bits per heavy atom. The molecule has 10 heteroatoms. The van der Waals surface area contributed by atoms with E-state index < -0.39 is 19.8 Å². The summed E-state index contributed by atoms with van der Waals surface area (Å²) >= 11 is 0. The van der Waals surface area contributed by atoms with E-state index in [1.807, 2.05) is 0 Å². The first-order valence-electron chi connectivity index (χ1n) is 6.78. The molecule has 0 saturated carbocycles. The minimum atomic E-state index is -4.46. The first kappa shape index (κ1) is 26.9. The molecule has 126 valence electrons. The number of hydrogen-bond acceptors (Lipinski definition) is 6. The van der Waals surface area contributed by atoms with Gasteiger partial charge in [-0.05, 0) is 13.3 Å². The molecule has 0 amide bonds. The molecule has 0 aromatic rings. The van der Waals surface area contributed by atoms with Gasteiger partial charge < -0.3 is 24.2 Å². The summed E-state index contributed by atoms with van der Waals surface area (Å²) in [6, 6.07) is 0. The van der Waals surface area contributed by atoms with Crippen molar-refractivity contribution in [1.29, 1.82) is 0 Å². The van der Waals surface area contributed by atoms with Gasteiger partial charge in [0, 0.05) is 0 Å². The molecule has 8 nitrogen and oxygen atoms in total. The van der Waals surface area contributed by atoms with E-state index in [9.17, 15) is 19.0 Å². The van der Waals surface area contributed by atoms with Crippen molar-refractivity contribution in [3.05, 3.63) is 0 Å². The maximum atomic E-state index is 10.5. The van der Waals surface area contributed by atoms with Crippen LogP contribution in [0.1, 0.15) is 52.4 Å². The maximum absolute atomic E-state index is 10.5. The first-order valence-corrected chi connectivity index (χ1v) is 8.28. The van der Waals surface area contributed by atoms with Crippen LogP contribution in [0.3, 0.4) is 0 Å². The van der Waals surface area contributed by atoms with Crippen molar-refractivity contribution >= 4 is 19.8 Å². The Bertz CT molecular complexity index is 331. The van der Waals surface area contributed by atoms with Crippen LogP contribution in [0.25, 0.3) is 0 Å². The molecule has 1 unspecified atom stereocenters. The van der Waals surface area contributed by atoms with E-state index in [-0.39, 0.29) is 49.0 Å². The molecule has 0 spiro atoms. The maximum Gasteiger partial charge on any atom is 1.00 e. The zero-order valence-electron chi connectivity index (χ0n) is 13.4. The van der Waals surface area contributed by atoms with Crippen molar-refractivity contribution in [2.45, 2.75) is 52.4 Å². The molecule has 2 N–H and O–H groups in total. The topological polar surface area (TPSA) is 133 Å². The summed E-state index contributed by atoms with van der Waals surface area (Å²) in [5.74, 6) is -1.43. The largest absolute Gasteiger partial charge is 1.00 e. The van der Waals surface area contributed by atoms with Crippen LogP contribution in [0.15, 0.2) is 0 Å². The molecule has 0 aromatic carbocycles. The van der Waals surface area contributed by atoms with E-state index in [4.69, 9.17) is 10.00 Å². The van der Waals surface area contributed by atoms with Gasteiger partial charge in [0.1, 0.15) is 0 Å². The van der Waals surface area contributed by atoms with E-state index in [0.717, 1.165) is 19.3 Å². The number of aliphatic carboxylic acids is 1. The van der Waals surface area contributed by atoms with Gasteiger partial charge in [0.25, 0.3) is 7.82 Å². The number of esters is 1. The summed E-state index contributed by atoms with van der Waals surface area (Å²) in [6.07, 6.45) is 3.59. The number of carboxylic acids is 1. The Labute approximate surface area is 153 Å². The van der Waals surface area contributed by atoms with Crippen LogP contribution in [0, 0.1) is 0 Å². The van der Waals surface area contributed by atoms with Crippen molar-refractivity contribution in [2.24, 2.45) is 0 Å². The minimum Gasteiger partial charge on any atom is -0.756 e. The van der Waals surface area contributed by atoms with E-state index in [1.54, 1.807) is 6.92 Å². The summed E-state index contributed by atoms with van der Waals surface area (Å²) in [6.45, 7) is 4.14. The summed E-state index contributed by atoms with van der Waals surface area (Å²) in [5, 5.41) is 8.12. The number of rotatable bonds is 10. The van der Waals surface area contributed by atoms with Gasteiger partial charge in [0.15, 0.2) is 0 Å². The Morgan fingerprint density at radius 1 is 1.14 bits per heavy atom. The van der Waals surface area contributed by atoms with Gasteiger partial charge in [-0.1, -0.05) is 26.2 Å². The zero-order valence-corrected chi connectivity index (χ0v) is 16.3. The predicted octanol–water partition coefficient (Wildman–Crippen LogP) is -1.54. The van der Waals surface area contributed by atoms with E-state index in [1.165, 1.54) is 0 Å². The third-order valence-corrected chi connectivity index (χ3v) is 2.61. The number of phosphoric ester groups is 1. The number of phosphoric acid groups is 1. The quantitative estimate of drug-likeness (QED) is 0.210. The molecule has 0 bridgehead atoms. The average Bonchev–Trinajstić information content (AvgIpc) is 2.36. The molecule has 0 aliphatic heterocycles. The normalized spacial score (nSPS) is 12.2. The molecular weight excluding hydrogens is 326 g/mol. The molecule has 0 saturated heterocycles. The number of carboxylic acid groups (broad SMARTS) is 1. The number of hydrogen-bond donors (Lipinski definition) is 2. The molecule has 0 aromatic heterocycles. The molecule has 0 radical (unpaired) electrons. The van der Waals surface area contributed by atoms with Gasteiger partial charge in [0.2, 0.25) is 0 Å². The van der Waals surface area contributed by atoms with E-state index in [0.29, 0.717) is 13.0 Å². The fraction of sp³-hybridized carbons (Fsp3) is 0.833. The van der Waals surface area contributed by atoms with Crippen LogP contribution in [0.5, 0.6) is 0 Å². The van der Waals surface area contributed by atoms with Crippen LogP contribution < -0.4 is 34.5 Å². The van der Waals surface area contributed by atoms with Crippen LogP contribution in [0.2, 0.25) is 0 Å². The smallest absolute Gasteiger partial charge is 0.756 e. The first-order chi connectivity index (χ1) is 9.72. The number of carbonyl (C=O) groups is 2. The molecule has 22 heavy (non-hydrogen) atoms. The number of carbonyl (C=O) groups excluding carboxylic acids is 1. The summed E-state index contributed by atoms with van der Waals surface area (Å²) in [5.41, 5.74) is 0. The Morgan fingerprint density at radius 3 is 2.14 bits per heavy atom. The third kappa shape index (κ3) is 28.2. The van der Waals surface area contributed by atoms with Gasteiger partial charge in [0.05, 0.1) is 26.1 Å². The molecular formula is C12H24NaO8P. The fourth-order valence-electron chi connectivity index (χ4n) is 1.15. The van der Waals surface area contributed by atoms with Gasteiger partial charge in [-0.3, -0.25) is 14.2 Å².